The van der Waals surface area contributed by atoms with E-state index in [1.165, 1.54) is 244 Å². The summed E-state index contributed by atoms with van der Waals surface area (Å²) in [7, 11) is 0. The molecule has 0 aliphatic heterocycles. The maximum atomic E-state index is 3.69. The van der Waals surface area contributed by atoms with E-state index < -0.39 is 0 Å². The van der Waals surface area contributed by atoms with Crippen LogP contribution >= 0.6 is 0 Å². The highest BCUT2D eigenvalue weighted by atomic mass is 14.8. The Hall–Kier alpha value is -0.0400. The van der Waals surface area contributed by atoms with Gasteiger partial charge in [-0.1, -0.05) is 232 Å². The van der Waals surface area contributed by atoms with Crippen LogP contribution in [0.1, 0.15) is 245 Å². The average Bonchev–Trinajstić information content (AvgIpc) is 2.98. The Bertz CT molecular complexity index is 381. The molecule has 0 rings (SSSR count). The van der Waals surface area contributed by atoms with Gasteiger partial charge in [0.25, 0.3) is 0 Å². The summed E-state index contributed by atoms with van der Waals surface area (Å²) in [6.07, 6.45) is 52.7. The zero-order valence-corrected chi connectivity index (χ0v) is 29.4. The third kappa shape index (κ3) is 40.0. The van der Waals surface area contributed by atoms with E-state index in [1.807, 2.05) is 0 Å². The van der Waals surface area contributed by atoms with Crippen molar-refractivity contribution in [3.8, 4) is 0 Å². The van der Waals surface area contributed by atoms with Crippen molar-refractivity contribution in [1.29, 1.82) is 0 Å². The van der Waals surface area contributed by atoms with Crippen LogP contribution < -0.4 is 5.32 Å². The summed E-state index contributed by atoms with van der Waals surface area (Å²) in [6, 6.07) is 0. The maximum Gasteiger partial charge on any atom is -0.00489 e. The zero-order valence-electron chi connectivity index (χ0n) is 29.4. The van der Waals surface area contributed by atoms with E-state index >= 15 is 0 Å². The van der Waals surface area contributed by atoms with Crippen molar-refractivity contribution in [1.82, 2.24) is 5.32 Å². The molecule has 0 aliphatic rings. The molecule has 0 aromatic heterocycles. The number of hydrogen-bond donors (Lipinski definition) is 1. The summed E-state index contributed by atoms with van der Waals surface area (Å²) in [5, 5.41) is 3.69. The van der Waals surface area contributed by atoms with Crippen LogP contribution in [0.3, 0.4) is 0 Å². The fourth-order valence-corrected chi connectivity index (χ4v) is 6.43. The molecule has 41 heavy (non-hydrogen) atoms. The number of rotatable bonds is 38. The number of unbranched alkanes of at least 4 members (excludes halogenated alkanes) is 34. The van der Waals surface area contributed by atoms with Crippen LogP contribution in [-0.2, 0) is 0 Å². The molecule has 1 N–H and O–H groups in total. The van der Waals surface area contributed by atoms with Gasteiger partial charge in [-0.25, -0.2) is 0 Å². The fourth-order valence-electron chi connectivity index (χ4n) is 6.43. The standard InChI is InChI=1S/C40H83N/c1-3-5-7-9-11-13-15-17-19-21-23-25-27-29-31-33-35-37-39-41-40-38-36-34-32-30-28-26-24-22-20-18-16-14-12-10-8-6-4-2/h41H,3-40H2,1-2H3. The highest BCUT2D eigenvalue weighted by Crippen LogP contribution is 2.16. The topological polar surface area (TPSA) is 12.0 Å². The molecule has 0 bridgehead atoms. The van der Waals surface area contributed by atoms with Gasteiger partial charge in [0, 0.05) is 0 Å². The minimum Gasteiger partial charge on any atom is -0.317 e. The predicted octanol–water partition coefficient (Wildman–Crippen LogP) is 14.7. The van der Waals surface area contributed by atoms with Gasteiger partial charge in [-0.3, -0.25) is 0 Å². The van der Waals surface area contributed by atoms with Gasteiger partial charge < -0.3 is 5.32 Å². The molecule has 0 saturated carbocycles. The normalized spacial score (nSPS) is 11.6. The SMILES string of the molecule is CCCCCCCCCCCCCCCCCCCCNCCCCCCCCCCCCCCCCCCCC. The fraction of sp³-hybridized carbons (Fsp3) is 1.00. The van der Waals surface area contributed by atoms with Gasteiger partial charge in [0.1, 0.15) is 0 Å². The van der Waals surface area contributed by atoms with E-state index in [0.717, 1.165) is 0 Å². The number of hydrogen-bond acceptors (Lipinski definition) is 1. The van der Waals surface area contributed by atoms with Gasteiger partial charge in [-0.15, -0.1) is 0 Å². The van der Waals surface area contributed by atoms with Gasteiger partial charge in [0.2, 0.25) is 0 Å². The molecule has 0 amide bonds. The Labute approximate surface area is 263 Å². The van der Waals surface area contributed by atoms with Crippen LogP contribution in [0.2, 0.25) is 0 Å². The summed E-state index contributed by atoms with van der Waals surface area (Å²) >= 11 is 0. The van der Waals surface area contributed by atoms with Gasteiger partial charge >= 0.3 is 0 Å². The van der Waals surface area contributed by atoms with Crippen molar-refractivity contribution < 1.29 is 0 Å². The summed E-state index contributed by atoms with van der Waals surface area (Å²) in [4.78, 5) is 0. The molecule has 0 atom stereocenters. The molecule has 0 radical (unpaired) electrons. The first kappa shape index (κ1) is 41.0. The molecule has 0 fully saturated rings. The lowest BCUT2D eigenvalue weighted by Crippen LogP contribution is -2.16. The Morgan fingerprint density at radius 3 is 0.512 bits per heavy atom. The van der Waals surface area contributed by atoms with Gasteiger partial charge in [-0.2, -0.15) is 0 Å². The molecule has 0 spiro atoms. The van der Waals surface area contributed by atoms with Crippen LogP contribution in [0, 0.1) is 0 Å². The zero-order chi connectivity index (χ0) is 29.6. The third-order valence-corrected chi connectivity index (χ3v) is 9.41. The Kier molecular flexibility index (Phi) is 39.9. The first-order chi connectivity index (χ1) is 20.4. The lowest BCUT2D eigenvalue weighted by molar-refractivity contribution is 0.514. The summed E-state index contributed by atoms with van der Waals surface area (Å²) < 4.78 is 0. The van der Waals surface area contributed by atoms with E-state index in [9.17, 15) is 0 Å². The van der Waals surface area contributed by atoms with Gasteiger partial charge in [0.15, 0.2) is 0 Å². The first-order valence-electron chi connectivity index (χ1n) is 20.1. The van der Waals surface area contributed by atoms with Crippen molar-refractivity contribution in [2.24, 2.45) is 0 Å². The van der Waals surface area contributed by atoms with Crippen molar-refractivity contribution in [3.05, 3.63) is 0 Å². The molecule has 0 aromatic rings. The summed E-state index contributed by atoms with van der Waals surface area (Å²) in [5.74, 6) is 0. The third-order valence-electron chi connectivity index (χ3n) is 9.41. The molecular weight excluding hydrogens is 494 g/mol. The largest absolute Gasteiger partial charge is 0.317 e. The van der Waals surface area contributed by atoms with Crippen molar-refractivity contribution in [3.63, 3.8) is 0 Å². The van der Waals surface area contributed by atoms with E-state index in [2.05, 4.69) is 19.2 Å². The molecule has 0 heterocycles. The molecule has 0 saturated heterocycles. The van der Waals surface area contributed by atoms with E-state index in [-0.39, 0.29) is 0 Å². The Morgan fingerprint density at radius 1 is 0.195 bits per heavy atom. The first-order valence-corrected chi connectivity index (χ1v) is 20.1. The van der Waals surface area contributed by atoms with Crippen molar-refractivity contribution >= 4 is 0 Å². The molecule has 0 aliphatic carbocycles. The van der Waals surface area contributed by atoms with Crippen LogP contribution in [0.15, 0.2) is 0 Å². The Balaban J connectivity index is 3.02. The van der Waals surface area contributed by atoms with Crippen LogP contribution in [0.4, 0.5) is 0 Å². The second-order valence-electron chi connectivity index (χ2n) is 13.8. The van der Waals surface area contributed by atoms with Gasteiger partial charge in [-0.05, 0) is 25.9 Å². The predicted molar refractivity (Wildman–Crippen MR) is 190 cm³/mol. The highest BCUT2D eigenvalue weighted by Gasteiger charge is 1.97. The van der Waals surface area contributed by atoms with Gasteiger partial charge in [0.05, 0.1) is 0 Å². The molecule has 248 valence electrons. The summed E-state index contributed by atoms with van der Waals surface area (Å²) in [6.45, 7) is 7.11. The lowest BCUT2D eigenvalue weighted by atomic mass is 10.0. The van der Waals surface area contributed by atoms with E-state index in [4.69, 9.17) is 0 Å². The Morgan fingerprint density at radius 2 is 0.341 bits per heavy atom. The van der Waals surface area contributed by atoms with E-state index in [0.29, 0.717) is 0 Å². The molecule has 1 nitrogen and oxygen atoms in total. The second-order valence-corrected chi connectivity index (χ2v) is 13.8. The maximum absolute atomic E-state index is 3.69. The van der Waals surface area contributed by atoms with Crippen molar-refractivity contribution in [2.45, 2.75) is 245 Å². The number of nitrogens with one attached hydrogen (secondary N) is 1. The van der Waals surface area contributed by atoms with Crippen LogP contribution in [0.25, 0.3) is 0 Å². The lowest BCUT2D eigenvalue weighted by Gasteiger charge is -2.06. The molecular formula is C40H83N. The molecule has 1 heteroatoms. The minimum absolute atomic E-state index is 1.25. The van der Waals surface area contributed by atoms with Crippen LogP contribution in [-0.4, -0.2) is 13.1 Å². The summed E-state index contributed by atoms with van der Waals surface area (Å²) in [5.41, 5.74) is 0. The minimum atomic E-state index is 1.25. The smallest absolute Gasteiger partial charge is 0.00489 e. The molecule has 0 unspecified atom stereocenters. The van der Waals surface area contributed by atoms with Crippen molar-refractivity contribution in [2.75, 3.05) is 13.1 Å². The van der Waals surface area contributed by atoms with Crippen LogP contribution in [0.5, 0.6) is 0 Å². The second kappa shape index (κ2) is 40.0. The molecule has 0 aromatic carbocycles. The van der Waals surface area contributed by atoms with E-state index in [1.54, 1.807) is 0 Å². The monoisotopic (exact) mass is 578 g/mol. The quantitative estimate of drug-likeness (QED) is 0.0719. The highest BCUT2D eigenvalue weighted by molar-refractivity contribution is 4.54. The average molecular weight is 578 g/mol.